The van der Waals surface area contributed by atoms with Crippen molar-refractivity contribution in [3.05, 3.63) is 30.0 Å². The van der Waals surface area contributed by atoms with Crippen molar-refractivity contribution in [1.29, 1.82) is 0 Å². The van der Waals surface area contributed by atoms with Gasteiger partial charge in [-0.15, -0.1) is 0 Å². The molecule has 6 nitrogen and oxygen atoms in total. The van der Waals surface area contributed by atoms with E-state index >= 15 is 0 Å². The second kappa shape index (κ2) is 7.84. The molecule has 0 aliphatic carbocycles. The fourth-order valence-corrected chi connectivity index (χ4v) is 4.36. The molecule has 2 rings (SSSR count). The highest BCUT2D eigenvalue weighted by molar-refractivity contribution is 6.76. The van der Waals surface area contributed by atoms with Crippen molar-refractivity contribution in [2.75, 3.05) is 0 Å². The van der Waals surface area contributed by atoms with Gasteiger partial charge in [0.2, 0.25) is 5.91 Å². The summed E-state index contributed by atoms with van der Waals surface area (Å²) in [5.41, 5.74) is 6.30. The molecule has 1 aromatic heterocycles. The number of nitrogens with two attached hydrogens (primary N) is 1. The van der Waals surface area contributed by atoms with Gasteiger partial charge in [-0.05, 0) is 17.9 Å². The lowest BCUT2D eigenvalue weighted by Gasteiger charge is -2.28. The number of fused-ring (bicyclic) bond motifs is 1. The van der Waals surface area contributed by atoms with Crippen LogP contribution in [0.3, 0.4) is 0 Å². The van der Waals surface area contributed by atoms with Crippen molar-refractivity contribution in [1.82, 2.24) is 15.1 Å². The van der Waals surface area contributed by atoms with Gasteiger partial charge in [0.05, 0.1) is 5.52 Å². The molecule has 0 spiro atoms. The van der Waals surface area contributed by atoms with Crippen molar-refractivity contribution in [2.45, 2.75) is 65.5 Å². The SMILES string of the molecule is CC(C)(C)C(NC(=O)c1nn(CCC[Si](C)(C)C)c2ccccc12)C(N)=O. The van der Waals surface area contributed by atoms with Gasteiger partial charge < -0.3 is 11.1 Å². The zero-order valence-corrected chi connectivity index (χ0v) is 18.3. The fourth-order valence-electron chi connectivity index (χ4n) is 3.14. The number of primary amides is 1. The van der Waals surface area contributed by atoms with Gasteiger partial charge in [0.15, 0.2) is 5.69 Å². The third kappa shape index (κ3) is 5.41. The number of amides is 2. The van der Waals surface area contributed by atoms with Crippen LogP contribution >= 0.6 is 0 Å². The smallest absolute Gasteiger partial charge is 0.273 e. The Kier molecular flexibility index (Phi) is 6.14. The molecule has 1 aromatic carbocycles. The minimum atomic E-state index is -1.12. The van der Waals surface area contributed by atoms with E-state index < -0.39 is 25.4 Å². The van der Waals surface area contributed by atoms with E-state index in [0.29, 0.717) is 5.69 Å². The number of nitrogens with zero attached hydrogens (tertiary/aromatic N) is 2. The summed E-state index contributed by atoms with van der Waals surface area (Å²) in [6, 6.07) is 8.15. The van der Waals surface area contributed by atoms with E-state index in [2.05, 4.69) is 30.1 Å². The second-order valence-electron chi connectivity index (χ2n) is 9.43. The fraction of sp³-hybridized carbons (Fsp3) is 0.550. The predicted molar refractivity (Wildman–Crippen MR) is 112 cm³/mol. The van der Waals surface area contributed by atoms with Gasteiger partial charge in [0, 0.05) is 20.0 Å². The maximum atomic E-state index is 12.9. The summed E-state index contributed by atoms with van der Waals surface area (Å²) < 4.78 is 1.90. The summed E-state index contributed by atoms with van der Waals surface area (Å²) in [6.45, 7) is 13.4. The first kappa shape index (κ1) is 21.2. The number of hydrogen-bond donors (Lipinski definition) is 2. The summed E-state index contributed by atoms with van der Waals surface area (Å²) in [7, 11) is -1.12. The van der Waals surface area contributed by atoms with Crippen LogP contribution in [-0.4, -0.2) is 35.7 Å². The lowest BCUT2D eigenvalue weighted by molar-refractivity contribution is -0.122. The average Bonchev–Trinajstić information content (AvgIpc) is 2.89. The number of hydrogen-bond acceptors (Lipinski definition) is 3. The number of nitrogens with one attached hydrogen (secondary N) is 1. The number of para-hydroxylation sites is 1. The average molecular weight is 389 g/mol. The van der Waals surface area contributed by atoms with Crippen molar-refractivity contribution < 1.29 is 9.59 Å². The summed E-state index contributed by atoms with van der Waals surface area (Å²) in [5.74, 6) is -0.913. The maximum Gasteiger partial charge on any atom is 0.273 e. The Morgan fingerprint density at radius 3 is 2.41 bits per heavy atom. The lowest BCUT2D eigenvalue weighted by atomic mass is 9.86. The quantitative estimate of drug-likeness (QED) is 0.712. The maximum absolute atomic E-state index is 12.9. The second-order valence-corrected chi connectivity index (χ2v) is 15.0. The first-order chi connectivity index (χ1) is 12.4. The van der Waals surface area contributed by atoms with E-state index in [4.69, 9.17) is 5.73 Å². The molecule has 1 unspecified atom stereocenters. The van der Waals surface area contributed by atoms with Gasteiger partial charge in [0.25, 0.3) is 5.91 Å². The van der Waals surface area contributed by atoms with Gasteiger partial charge >= 0.3 is 0 Å². The molecule has 0 saturated heterocycles. The Labute approximate surface area is 162 Å². The number of carbonyl (C=O) groups excluding carboxylic acids is 2. The molecule has 27 heavy (non-hydrogen) atoms. The van der Waals surface area contributed by atoms with Crippen LogP contribution < -0.4 is 11.1 Å². The van der Waals surface area contributed by atoms with E-state index in [9.17, 15) is 9.59 Å². The van der Waals surface area contributed by atoms with E-state index in [1.54, 1.807) is 0 Å². The lowest BCUT2D eigenvalue weighted by Crippen LogP contribution is -2.52. The molecule has 0 aliphatic heterocycles. The van der Waals surface area contributed by atoms with Crippen LogP contribution in [0, 0.1) is 5.41 Å². The Hall–Kier alpha value is -2.15. The summed E-state index contributed by atoms with van der Waals surface area (Å²) in [6.07, 6.45) is 1.04. The number of benzene rings is 1. The predicted octanol–water partition coefficient (Wildman–Crippen LogP) is 3.39. The molecular weight excluding hydrogens is 356 g/mol. The van der Waals surface area contributed by atoms with Gasteiger partial charge in [-0.3, -0.25) is 14.3 Å². The Bertz CT molecular complexity index is 831. The van der Waals surface area contributed by atoms with Gasteiger partial charge in [-0.2, -0.15) is 5.10 Å². The molecule has 3 N–H and O–H groups in total. The molecule has 7 heteroatoms. The Morgan fingerprint density at radius 2 is 1.85 bits per heavy atom. The van der Waals surface area contributed by atoms with Crippen molar-refractivity contribution in [3.63, 3.8) is 0 Å². The third-order valence-corrected chi connectivity index (χ3v) is 6.45. The highest BCUT2D eigenvalue weighted by Gasteiger charge is 2.32. The molecule has 1 heterocycles. The minimum absolute atomic E-state index is 0.342. The zero-order valence-electron chi connectivity index (χ0n) is 17.3. The van der Waals surface area contributed by atoms with E-state index in [-0.39, 0.29) is 5.91 Å². The van der Waals surface area contributed by atoms with E-state index in [1.165, 1.54) is 6.04 Å². The molecule has 0 radical (unpaired) electrons. The molecule has 148 valence electrons. The van der Waals surface area contributed by atoms with Crippen LogP contribution in [0.2, 0.25) is 25.7 Å². The molecule has 1 atom stereocenters. The van der Waals surface area contributed by atoms with Crippen molar-refractivity contribution >= 4 is 30.8 Å². The normalized spacial score (nSPS) is 13.6. The van der Waals surface area contributed by atoms with Crippen LogP contribution in [-0.2, 0) is 11.3 Å². The monoisotopic (exact) mass is 388 g/mol. The van der Waals surface area contributed by atoms with Crippen molar-refractivity contribution in [2.24, 2.45) is 11.1 Å². The van der Waals surface area contributed by atoms with Gasteiger partial charge in [0.1, 0.15) is 6.04 Å². The number of rotatable bonds is 7. The highest BCUT2D eigenvalue weighted by atomic mass is 28.3. The van der Waals surface area contributed by atoms with Crippen LogP contribution in [0.4, 0.5) is 0 Å². The third-order valence-electron chi connectivity index (χ3n) is 4.60. The summed E-state index contributed by atoms with van der Waals surface area (Å²) >= 11 is 0. The van der Waals surface area contributed by atoms with Gasteiger partial charge in [-0.25, -0.2) is 0 Å². The topological polar surface area (TPSA) is 90.0 Å². The van der Waals surface area contributed by atoms with Crippen LogP contribution in [0.5, 0.6) is 0 Å². The van der Waals surface area contributed by atoms with Crippen LogP contribution in [0.1, 0.15) is 37.7 Å². The standard InChI is InChI=1S/C20H32N4O2Si/c1-20(2,3)17(18(21)25)22-19(26)16-14-10-7-8-11-15(14)24(23-16)12-9-13-27(4,5)6/h7-8,10-11,17H,9,12-13H2,1-6H3,(H2,21,25)(H,22,26). The number of aryl methyl sites for hydroxylation is 1. The molecule has 0 fully saturated rings. The Balaban J connectivity index is 2.30. The minimum Gasteiger partial charge on any atom is -0.368 e. The molecule has 0 bridgehead atoms. The molecule has 2 aromatic rings. The largest absolute Gasteiger partial charge is 0.368 e. The molecule has 2 amide bonds. The number of aromatic nitrogens is 2. The van der Waals surface area contributed by atoms with Crippen LogP contribution in [0.15, 0.2) is 24.3 Å². The number of carbonyl (C=O) groups is 2. The first-order valence-corrected chi connectivity index (χ1v) is 13.2. The van der Waals surface area contributed by atoms with Crippen LogP contribution in [0.25, 0.3) is 10.9 Å². The molecular formula is C20H32N4O2Si. The van der Waals surface area contributed by atoms with E-state index in [0.717, 1.165) is 23.9 Å². The van der Waals surface area contributed by atoms with Crippen molar-refractivity contribution in [3.8, 4) is 0 Å². The molecule has 0 saturated carbocycles. The highest BCUT2D eigenvalue weighted by Crippen LogP contribution is 2.23. The summed E-state index contributed by atoms with van der Waals surface area (Å²) in [5, 5.41) is 8.14. The Morgan fingerprint density at radius 1 is 1.22 bits per heavy atom. The van der Waals surface area contributed by atoms with Gasteiger partial charge in [-0.1, -0.05) is 64.7 Å². The first-order valence-electron chi connectivity index (χ1n) is 9.46. The summed E-state index contributed by atoms with van der Waals surface area (Å²) in [4.78, 5) is 24.7. The zero-order chi connectivity index (χ0) is 20.4. The van der Waals surface area contributed by atoms with E-state index in [1.807, 2.05) is 49.7 Å². The molecule has 0 aliphatic rings.